The van der Waals surface area contributed by atoms with E-state index in [4.69, 9.17) is 5.73 Å². The Morgan fingerprint density at radius 1 is 1.33 bits per heavy atom. The molecule has 0 bridgehead atoms. The van der Waals surface area contributed by atoms with E-state index in [1.807, 2.05) is 4.68 Å². The number of rotatable bonds is 4. The van der Waals surface area contributed by atoms with Crippen LogP contribution in [0.3, 0.4) is 0 Å². The van der Waals surface area contributed by atoms with Gasteiger partial charge >= 0.3 is 0 Å². The molecule has 0 aliphatic heterocycles. The second kappa shape index (κ2) is 4.65. The summed E-state index contributed by atoms with van der Waals surface area (Å²) < 4.78 is 1.95. The minimum atomic E-state index is 0.575. The number of aromatic nitrogens is 3. The van der Waals surface area contributed by atoms with Crippen LogP contribution in [0.5, 0.6) is 0 Å². The maximum absolute atomic E-state index is 5.88. The van der Waals surface area contributed by atoms with Gasteiger partial charge in [0, 0.05) is 10.8 Å². The Labute approximate surface area is 111 Å². The first kappa shape index (κ1) is 11.6. The Morgan fingerprint density at radius 3 is 2.67 bits per heavy atom. The number of nitrogens with two attached hydrogens (primary N) is 1. The molecular formula is C13H16N4S. The fourth-order valence-corrected chi connectivity index (χ4v) is 2.54. The number of hydrogen-bond acceptors (Lipinski definition) is 4. The van der Waals surface area contributed by atoms with Crippen LogP contribution in [0.25, 0.3) is 0 Å². The highest BCUT2D eigenvalue weighted by Gasteiger charge is 2.30. The van der Waals surface area contributed by atoms with E-state index in [0.29, 0.717) is 11.7 Å². The van der Waals surface area contributed by atoms with Gasteiger partial charge in [0.15, 0.2) is 5.82 Å². The van der Waals surface area contributed by atoms with Gasteiger partial charge < -0.3 is 5.73 Å². The SMILES string of the molecule is CSc1ccc(Cn2nnc(N)c2C2CC2)cc1. The van der Waals surface area contributed by atoms with Crippen molar-refractivity contribution in [3.05, 3.63) is 35.5 Å². The van der Waals surface area contributed by atoms with Gasteiger partial charge in [0.25, 0.3) is 0 Å². The quantitative estimate of drug-likeness (QED) is 0.858. The zero-order valence-corrected chi connectivity index (χ0v) is 11.2. The second-order valence-electron chi connectivity index (χ2n) is 4.64. The minimum absolute atomic E-state index is 0.575. The summed E-state index contributed by atoms with van der Waals surface area (Å²) in [4.78, 5) is 1.28. The zero-order valence-electron chi connectivity index (χ0n) is 10.3. The number of thioether (sulfide) groups is 1. The molecule has 0 radical (unpaired) electrons. The summed E-state index contributed by atoms with van der Waals surface area (Å²) in [5.41, 5.74) is 8.23. The van der Waals surface area contributed by atoms with Crippen molar-refractivity contribution in [1.29, 1.82) is 0 Å². The first-order valence-corrected chi connectivity index (χ1v) is 7.32. The topological polar surface area (TPSA) is 56.7 Å². The molecule has 2 aromatic rings. The standard InChI is InChI=1S/C13H16N4S/c1-18-11-6-2-9(3-7-11)8-17-12(10-4-5-10)13(14)15-16-17/h2-3,6-7,10H,4-5,8,14H2,1H3. The Morgan fingerprint density at radius 2 is 2.06 bits per heavy atom. The lowest BCUT2D eigenvalue weighted by atomic mass is 10.2. The molecule has 0 spiro atoms. The molecule has 1 fully saturated rings. The summed E-state index contributed by atoms with van der Waals surface area (Å²) in [6, 6.07) is 8.55. The fourth-order valence-electron chi connectivity index (χ4n) is 2.13. The van der Waals surface area contributed by atoms with Crippen molar-refractivity contribution in [2.75, 3.05) is 12.0 Å². The summed E-state index contributed by atoms with van der Waals surface area (Å²) in [6.07, 6.45) is 4.50. The minimum Gasteiger partial charge on any atom is -0.381 e. The molecular weight excluding hydrogens is 244 g/mol. The molecule has 94 valence electrons. The molecule has 0 atom stereocenters. The molecule has 5 heteroatoms. The molecule has 1 aromatic carbocycles. The van der Waals surface area contributed by atoms with E-state index in [0.717, 1.165) is 12.2 Å². The highest BCUT2D eigenvalue weighted by Crippen LogP contribution is 2.42. The van der Waals surface area contributed by atoms with Crippen molar-refractivity contribution in [3.8, 4) is 0 Å². The van der Waals surface area contributed by atoms with Crippen molar-refractivity contribution in [2.24, 2.45) is 0 Å². The molecule has 3 rings (SSSR count). The molecule has 1 aromatic heterocycles. The lowest BCUT2D eigenvalue weighted by molar-refractivity contribution is 0.619. The van der Waals surface area contributed by atoms with Crippen LogP contribution in [-0.2, 0) is 6.54 Å². The Hall–Kier alpha value is -1.49. The summed E-state index contributed by atoms with van der Waals surface area (Å²) in [5, 5.41) is 8.15. The number of hydrogen-bond donors (Lipinski definition) is 1. The van der Waals surface area contributed by atoms with Gasteiger partial charge in [-0.3, -0.25) is 0 Å². The fraction of sp³-hybridized carbons (Fsp3) is 0.385. The van der Waals surface area contributed by atoms with Crippen LogP contribution in [0.4, 0.5) is 5.82 Å². The maximum Gasteiger partial charge on any atom is 0.169 e. The highest BCUT2D eigenvalue weighted by atomic mass is 32.2. The third-order valence-electron chi connectivity index (χ3n) is 3.26. The zero-order chi connectivity index (χ0) is 12.5. The van der Waals surface area contributed by atoms with E-state index in [1.165, 1.54) is 23.3 Å². The average Bonchev–Trinajstić information content (AvgIpc) is 3.16. The molecule has 2 N–H and O–H groups in total. The summed E-state index contributed by atoms with van der Waals surface area (Å²) in [5.74, 6) is 1.17. The Balaban J connectivity index is 1.83. The molecule has 1 saturated carbocycles. The predicted octanol–water partition coefficient (Wildman–Crippen LogP) is 2.51. The Kier molecular flexibility index (Phi) is 2.99. The Bertz CT molecular complexity index is 543. The van der Waals surface area contributed by atoms with E-state index in [-0.39, 0.29) is 0 Å². The van der Waals surface area contributed by atoms with Gasteiger partial charge in [0.05, 0.1) is 12.2 Å². The third-order valence-corrected chi connectivity index (χ3v) is 4.00. The predicted molar refractivity (Wildman–Crippen MR) is 73.7 cm³/mol. The van der Waals surface area contributed by atoms with Gasteiger partial charge in [-0.15, -0.1) is 16.9 Å². The van der Waals surface area contributed by atoms with Gasteiger partial charge in [-0.2, -0.15) is 0 Å². The number of nitrogen functional groups attached to an aromatic ring is 1. The van der Waals surface area contributed by atoms with E-state index >= 15 is 0 Å². The second-order valence-corrected chi connectivity index (χ2v) is 5.52. The van der Waals surface area contributed by atoms with Crippen LogP contribution < -0.4 is 5.73 Å². The molecule has 18 heavy (non-hydrogen) atoms. The number of benzene rings is 1. The molecule has 1 heterocycles. The van der Waals surface area contributed by atoms with Crippen LogP contribution in [0.2, 0.25) is 0 Å². The van der Waals surface area contributed by atoms with Gasteiger partial charge in [0.2, 0.25) is 0 Å². The average molecular weight is 260 g/mol. The van der Waals surface area contributed by atoms with E-state index in [2.05, 4.69) is 40.8 Å². The van der Waals surface area contributed by atoms with Crippen LogP contribution in [0, 0.1) is 0 Å². The molecule has 1 aliphatic rings. The summed E-state index contributed by atoms with van der Waals surface area (Å²) in [6.45, 7) is 0.755. The van der Waals surface area contributed by atoms with Gasteiger partial charge in [0.1, 0.15) is 0 Å². The molecule has 0 unspecified atom stereocenters. The smallest absolute Gasteiger partial charge is 0.169 e. The largest absolute Gasteiger partial charge is 0.381 e. The van der Waals surface area contributed by atoms with Crippen molar-refractivity contribution in [1.82, 2.24) is 15.0 Å². The van der Waals surface area contributed by atoms with Gasteiger partial charge in [-0.05, 0) is 36.8 Å². The molecule has 4 nitrogen and oxygen atoms in total. The number of nitrogens with zero attached hydrogens (tertiary/aromatic N) is 3. The van der Waals surface area contributed by atoms with Gasteiger partial charge in [-0.25, -0.2) is 4.68 Å². The summed E-state index contributed by atoms with van der Waals surface area (Å²) >= 11 is 1.75. The third kappa shape index (κ3) is 2.22. The van der Waals surface area contributed by atoms with E-state index < -0.39 is 0 Å². The summed E-state index contributed by atoms with van der Waals surface area (Å²) in [7, 11) is 0. The van der Waals surface area contributed by atoms with Crippen molar-refractivity contribution < 1.29 is 0 Å². The van der Waals surface area contributed by atoms with Crippen molar-refractivity contribution >= 4 is 17.6 Å². The van der Waals surface area contributed by atoms with Crippen LogP contribution in [0.15, 0.2) is 29.2 Å². The van der Waals surface area contributed by atoms with Crippen LogP contribution in [0.1, 0.15) is 30.0 Å². The highest BCUT2D eigenvalue weighted by molar-refractivity contribution is 7.98. The molecule has 1 aliphatic carbocycles. The maximum atomic E-state index is 5.88. The van der Waals surface area contributed by atoms with E-state index in [9.17, 15) is 0 Å². The molecule has 0 amide bonds. The van der Waals surface area contributed by atoms with E-state index in [1.54, 1.807) is 11.8 Å². The number of anilines is 1. The van der Waals surface area contributed by atoms with Crippen molar-refractivity contribution in [3.63, 3.8) is 0 Å². The van der Waals surface area contributed by atoms with Crippen LogP contribution in [-0.4, -0.2) is 21.2 Å². The van der Waals surface area contributed by atoms with Crippen molar-refractivity contribution in [2.45, 2.75) is 30.2 Å². The normalized spacial score (nSPS) is 14.9. The first-order valence-electron chi connectivity index (χ1n) is 6.09. The van der Waals surface area contributed by atoms with Gasteiger partial charge in [-0.1, -0.05) is 17.3 Å². The first-order chi connectivity index (χ1) is 8.78. The van der Waals surface area contributed by atoms with Crippen LogP contribution >= 0.6 is 11.8 Å². The lowest BCUT2D eigenvalue weighted by Gasteiger charge is -2.06. The monoisotopic (exact) mass is 260 g/mol. The lowest BCUT2D eigenvalue weighted by Crippen LogP contribution is -2.06. The molecule has 0 saturated heterocycles.